The van der Waals surface area contributed by atoms with Crippen molar-refractivity contribution in [2.75, 3.05) is 32.6 Å². The van der Waals surface area contributed by atoms with Gasteiger partial charge in [-0.1, -0.05) is 96.3 Å². The lowest BCUT2D eigenvalue weighted by atomic mass is 10.1. The molecular weight excluding hydrogens is 507 g/mol. The van der Waals surface area contributed by atoms with Crippen LogP contribution in [0.1, 0.15) is 11.1 Å². The van der Waals surface area contributed by atoms with E-state index in [9.17, 15) is 0 Å². The fourth-order valence-corrected chi connectivity index (χ4v) is 6.78. The first kappa shape index (κ1) is 26.0. The smallest absolute Gasteiger partial charge is 0.136 e. The number of benzene rings is 4. The maximum atomic E-state index is 5.83. The Hall–Kier alpha value is -3.61. The largest absolute Gasteiger partial charge is 0.456 e. The Bertz CT molecular complexity index is 1610. The summed E-state index contributed by atoms with van der Waals surface area (Å²) in [7, 11) is 5.52. The summed E-state index contributed by atoms with van der Waals surface area (Å²) < 4.78 is 7.08. The van der Waals surface area contributed by atoms with Crippen molar-refractivity contribution in [1.82, 2.24) is 0 Å². The highest BCUT2D eigenvalue weighted by Gasteiger charge is 2.22. The highest BCUT2D eigenvalue weighted by molar-refractivity contribution is 8.41. The van der Waals surface area contributed by atoms with E-state index >= 15 is 0 Å². The number of hydrogen-bond acceptors (Lipinski definition) is 6. The van der Waals surface area contributed by atoms with Gasteiger partial charge in [0.15, 0.2) is 0 Å². The van der Waals surface area contributed by atoms with Crippen molar-refractivity contribution < 1.29 is 4.42 Å². The molecule has 0 N–H and O–H groups in total. The molecule has 190 valence electrons. The fourth-order valence-electron chi connectivity index (χ4n) is 4.67. The molecule has 1 fully saturated rings. The van der Waals surface area contributed by atoms with Crippen LogP contribution in [0.3, 0.4) is 0 Å². The molecule has 0 bridgehead atoms. The molecule has 0 unspecified atom stereocenters. The van der Waals surface area contributed by atoms with Gasteiger partial charge in [-0.05, 0) is 35.4 Å². The van der Waals surface area contributed by atoms with Crippen LogP contribution in [0.5, 0.6) is 0 Å². The fraction of sp³-hybridized carbons (Fsp3) is 0.156. The summed E-state index contributed by atoms with van der Waals surface area (Å²) in [5.41, 5.74) is 7.97. The van der Waals surface area contributed by atoms with Crippen LogP contribution in [0.25, 0.3) is 33.1 Å². The highest BCUT2D eigenvalue weighted by atomic mass is 32.2. The minimum Gasteiger partial charge on any atom is -0.456 e. The number of nitrogens with zero attached hydrogens (tertiary/aromatic N) is 3. The summed E-state index contributed by atoms with van der Waals surface area (Å²) in [6.07, 6.45) is 0. The first-order valence-corrected chi connectivity index (χ1v) is 14.4. The lowest BCUT2D eigenvalue weighted by molar-refractivity contribution is 0.659. The molecule has 6 heteroatoms. The van der Waals surface area contributed by atoms with Crippen LogP contribution in [0, 0.1) is 0 Å². The second-order valence-corrected chi connectivity index (χ2v) is 10.9. The standard InChI is InChI=1S/C14H11NO.C14H11N.C4H7NS2/c1-15-14-10-6-2-4-8-12(10)16-13-9-5-3-7-11(13)14;1-15-14-12-8-4-2-6-10(12)11-7-3-5-9-13(11)14;1-5-4-6-2-3-7-4/h2-9H,1H3;2-9H,1H3;2-3H2,1H3. The number of para-hydroxylation sites is 2. The van der Waals surface area contributed by atoms with Gasteiger partial charge in [0.05, 0.1) is 11.1 Å². The van der Waals surface area contributed by atoms with Crippen molar-refractivity contribution in [3.05, 3.63) is 114 Å². The molecule has 2 heterocycles. The number of fused-ring (bicyclic) bond motifs is 5. The Kier molecular flexibility index (Phi) is 8.41. The molecule has 4 aromatic carbocycles. The third-order valence-corrected chi connectivity index (χ3v) is 8.96. The Labute approximate surface area is 231 Å². The lowest BCUT2D eigenvalue weighted by Gasteiger charge is -2.02. The maximum Gasteiger partial charge on any atom is 0.136 e. The molecule has 0 amide bonds. The molecule has 0 saturated carbocycles. The van der Waals surface area contributed by atoms with E-state index in [1.807, 2.05) is 93.2 Å². The van der Waals surface area contributed by atoms with Crippen LogP contribution in [-0.2, 0) is 0 Å². The molecule has 1 aromatic heterocycles. The first-order valence-electron chi connectivity index (χ1n) is 12.5. The van der Waals surface area contributed by atoms with Crippen molar-refractivity contribution in [3.8, 4) is 11.1 Å². The van der Waals surface area contributed by atoms with Crippen molar-refractivity contribution in [2.45, 2.75) is 0 Å². The summed E-state index contributed by atoms with van der Waals surface area (Å²) in [5, 5.41) is 3.12. The van der Waals surface area contributed by atoms with Gasteiger partial charge in [-0.15, -0.1) is 0 Å². The molecular formula is C32H29N3OS2. The molecule has 38 heavy (non-hydrogen) atoms. The zero-order valence-electron chi connectivity index (χ0n) is 21.7. The Morgan fingerprint density at radius 2 is 0.974 bits per heavy atom. The molecule has 0 radical (unpaired) electrons. The SMILES string of the molecule is CN=C1SCCS1.CN=C1c2ccccc2-c2ccccc21.CN=c1c2ccccc2oc2ccccc12. The molecule has 0 atom stereocenters. The summed E-state index contributed by atoms with van der Waals surface area (Å²) in [6, 6.07) is 32.8. The van der Waals surface area contributed by atoms with Gasteiger partial charge in [0, 0.05) is 54.5 Å². The van der Waals surface area contributed by atoms with E-state index in [1.54, 1.807) is 0 Å². The minimum atomic E-state index is 0.877. The second kappa shape index (κ2) is 12.3. The van der Waals surface area contributed by atoms with Crippen molar-refractivity contribution >= 4 is 55.5 Å². The number of rotatable bonds is 0. The zero-order chi connectivity index (χ0) is 26.3. The number of aliphatic imine (C=N–C) groups is 2. The van der Waals surface area contributed by atoms with Gasteiger partial charge in [0.2, 0.25) is 0 Å². The molecule has 7 rings (SSSR count). The Balaban J connectivity index is 0.000000125. The van der Waals surface area contributed by atoms with Crippen LogP contribution in [0.15, 0.2) is 116 Å². The van der Waals surface area contributed by atoms with Crippen molar-refractivity contribution in [3.63, 3.8) is 0 Å². The Morgan fingerprint density at radius 1 is 0.526 bits per heavy atom. The summed E-state index contributed by atoms with van der Waals surface area (Å²) in [6.45, 7) is 0. The van der Waals surface area contributed by atoms with Gasteiger partial charge in [-0.25, -0.2) is 0 Å². The molecule has 4 nitrogen and oxygen atoms in total. The third-order valence-electron chi connectivity index (χ3n) is 6.32. The van der Waals surface area contributed by atoms with Gasteiger partial charge >= 0.3 is 0 Å². The van der Waals surface area contributed by atoms with E-state index in [4.69, 9.17) is 4.42 Å². The van der Waals surface area contributed by atoms with Gasteiger partial charge in [0.1, 0.15) is 15.5 Å². The van der Waals surface area contributed by atoms with E-state index in [0.29, 0.717) is 0 Å². The first-order chi connectivity index (χ1) is 18.7. The Morgan fingerprint density at radius 3 is 1.39 bits per heavy atom. The molecule has 1 saturated heterocycles. The second-order valence-electron chi connectivity index (χ2n) is 8.52. The van der Waals surface area contributed by atoms with Crippen molar-refractivity contribution in [2.24, 2.45) is 15.0 Å². The summed E-state index contributed by atoms with van der Waals surface area (Å²) in [5.74, 6) is 2.49. The topological polar surface area (TPSA) is 50.2 Å². The number of hydrogen-bond donors (Lipinski definition) is 0. The van der Waals surface area contributed by atoms with Crippen LogP contribution < -0.4 is 5.36 Å². The summed E-state index contributed by atoms with van der Waals surface area (Å²) in [4.78, 5) is 12.8. The zero-order valence-corrected chi connectivity index (χ0v) is 23.4. The molecule has 1 aliphatic carbocycles. The van der Waals surface area contributed by atoms with E-state index in [1.165, 1.54) is 38.1 Å². The van der Waals surface area contributed by atoms with Crippen LogP contribution in [0.4, 0.5) is 0 Å². The van der Waals surface area contributed by atoms with Crippen LogP contribution in [-0.4, -0.2) is 42.7 Å². The normalized spacial score (nSPS) is 13.1. The van der Waals surface area contributed by atoms with E-state index < -0.39 is 0 Å². The van der Waals surface area contributed by atoms with Gasteiger partial charge in [-0.3, -0.25) is 15.0 Å². The maximum absolute atomic E-state index is 5.83. The van der Waals surface area contributed by atoms with Crippen LogP contribution >= 0.6 is 23.5 Å². The third kappa shape index (κ3) is 5.33. The van der Waals surface area contributed by atoms with E-state index in [2.05, 4.69) is 63.5 Å². The predicted octanol–water partition coefficient (Wildman–Crippen LogP) is 7.70. The monoisotopic (exact) mass is 535 g/mol. The number of thioether (sulfide) groups is 2. The van der Waals surface area contributed by atoms with Gasteiger partial charge in [0.25, 0.3) is 0 Å². The highest BCUT2D eigenvalue weighted by Crippen LogP contribution is 2.36. The van der Waals surface area contributed by atoms with Gasteiger partial charge < -0.3 is 4.42 Å². The van der Waals surface area contributed by atoms with Gasteiger partial charge in [-0.2, -0.15) is 0 Å². The predicted molar refractivity (Wildman–Crippen MR) is 167 cm³/mol. The lowest BCUT2D eigenvalue weighted by Crippen LogP contribution is -2.04. The average Bonchev–Trinajstić information content (AvgIpc) is 3.63. The minimum absolute atomic E-state index is 0.877. The average molecular weight is 536 g/mol. The molecule has 2 aliphatic rings. The van der Waals surface area contributed by atoms with Crippen LogP contribution in [0.2, 0.25) is 0 Å². The summed E-state index contributed by atoms with van der Waals surface area (Å²) >= 11 is 3.71. The van der Waals surface area contributed by atoms with Crippen molar-refractivity contribution in [1.29, 1.82) is 0 Å². The molecule has 1 aliphatic heterocycles. The molecule has 0 spiro atoms. The quantitative estimate of drug-likeness (QED) is 0.187. The molecule has 5 aromatic rings. The van der Waals surface area contributed by atoms with E-state index in [0.717, 1.165) is 33.0 Å². The van der Waals surface area contributed by atoms with E-state index in [-0.39, 0.29) is 0 Å².